The summed E-state index contributed by atoms with van der Waals surface area (Å²) in [5.41, 5.74) is 9.03. The average Bonchev–Trinajstić information content (AvgIpc) is 2.97. The Bertz CT molecular complexity index is 747. The van der Waals surface area contributed by atoms with E-state index in [0.717, 1.165) is 29.0 Å². The first kappa shape index (κ1) is 14.5. The normalized spacial score (nSPS) is 10.8. The van der Waals surface area contributed by atoms with Gasteiger partial charge in [0.2, 0.25) is 0 Å². The van der Waals surface area contributed by atoms with Crippen LogP contribution in [0.1, 0.15) is 11.1 Å². The Labute approximate surface area is 130 Å². The van der Waals surface area contributed by atoms with Crippen molar-refractivity contribution in [2.45, 2.75) is 13.0 Å². The number of hydrogen-bond acceptors (Lipinski definition) is 3. The molecule has 2 N–H and O–H groups in total. The molecule has 0 fully saturated rings. The summed E-state index contributed by atoms with van der Waals surface area (Å²) in [7, 11) is 1.66. The quantitative estimate of drug-likeness (QED) is 0.760. The van der Waals surface area contributed by atoms with E-state index < -0.39 is 0 Å². The molecule has 0 bridgehead atoms. The number of methoxy groups -OCH3 is 1. The van der Waals surface area contributed by atoms with Gasteiger partial charge in [-0.05, 0) is 54.4 Å². The van der Waals surface area contributed by atoms with Gasteiger partial charge in [0.1, 0.15) is 18.1 Å². The number of pyridine rings is 1. The molecule has 22 heavy (non-hydrogen) atoms. The summed E-state index contributed by atoms with van der Waals surface area (Å²) < 4.78 is 13.2. The second-order valence-corrected chi connectivity index (χ2v) is 5.19. The number of fused-ring (bicyclic) bond motifs is 1. The van der Waals surface area contributed by atoms with Crippen LogP contribution in [-0.4, -0.2) is 18.1 Å². The van der Waals surface area contributed by atoms with Gasteiger partial charge in [-0.1, -0.05) is 12.1 Å². The first-order valence-electron chi connectivity index (χ1n) is 7.35. The zero-order valence-electron chi connectivity index (χ0n) is 12.7. The van der Waals surface area contributed by atoms with E-state index in [1.807, 2.05) is 42.6 Å². The van der Waals surface area contributed by atoms with E-state index in [1.165, 1.54) is 5.56 Å². The van der Waals surface area contributed by atoms with Gasteiger partial charge in [0, 0.05) is 12.4 Å². The minimum absolute atomic E-state index is 0.529. The molecule has 0 amide bonds. The fourth-order valence-electron chi connectivity index (χ4n) is 2.47. The molecule has 114 valence electrons. The van der Waals surface area contributed by atoms with Gasteiger partial charge in [-0.2, -0.15) is 0 Å². The van der Waals surface area contributed by atoms with Crippen LogP contribution in [0.25, 0.3) is 5.52 Å². The molecule has 0 aliphatic carbocycles. The fraction of sp³-hybridized carbons (Fsp3) is 0.222. The molecule has 0 spiro atoms. The van der Waals surface area contributed by atoms with Crippen molar-refractivity contribution in [3.63, 3.8) is 0 Å². The molecule has 0 aliphatic heterocycles. The Morgan fingerprint density at radius 3 is 2.64 bits per heavy atom. The Morgan fingerprint density at radius 2 is 1.91 bits per heavy atom. The van der Waals surface area contributed by atoms with Gasteiger partial charge in [0.05, 0.1) is 12.6 Å². The lowest BCUT2D eigenvalue weighted by molar-refractivity contribution is 0.308. The zero-order chi connectivity index (χ0) is 15.4. The summed E-state index contributed by atoms with van der Waals surface area (Å²) in [6.07, 6.45) is 5.00. The predicted octanol–water partition coefficient (Wildman–Crippen LogP) is 3.03. The fourth-order valence-corrected chi connectivity index (χ4v) is 2.47. The van der Waals surface area contributed by atoms with Gasteiger partial charge in [-0.15, -0.1) is 0 Å². The van der Waals surface area contributed by atoms with Gasteiger partial charge >= 0.3 is 0 Å². The number of hydrogen-bond donors (Lipinski definition) is 1. The number of ether oxygens (including phenoxy) is 2. The molecule has 0 saturated heterocycles. The van der Waals surface area contributed by atoms with E-state index in [2.05, 4.69) is 16.7 Å². The largest absolute Gasteiger partial charge is 0.497 e. The number of aromatic nitrogens is 1. The van der Waals surface area contributed by atoms with E-state index in [4.69, 9.17) is 15.2 Å². The molecular formula is C18H20N2O2. The monoisotopic (exact) mass is 296 g/mol. The molecule has 0 aliphatic rings. The van der Waals surface area contributed by atoms with Gasteiger partial charge in [-0.25, -0.2) is 0 Å². The lowest BCUT2D eigenvalue weighted by Crippen LogP contribution is -2.01. The van der Waals surface area contributed by atoms with Crippen LogP contribution in [0.15, 0.2) is 54.9 Å². The molecule has 0 atom stereocenters. The Kier molecular flexibility index (Phi) is 4.30. The van der Waals surface area contributed by atoms with Crippen LogP contribution in [0.4, 0.5) is 0 Å². The maximum atomic E-state index is 5.98. The second-order valence-electron chi connectivity index (χ2n) is 5.19. The van der Waals surface area contributed by atoms with Crippen molar-refractivity contribution >= 4 is 5.52 Å². The second kappa shape index (κ2) is 6.54. The van der Waals surface area contributed by atoms with E-state index >= 15 is 0 Å². The molecule has 3 rings (SSSR count). The van der Waals surface area contributed by atoms with Crippen molar-refractivity contribution in [1.29, 1.82) is 0 Å². The SMILES string of the molecule is COc1ccc(COc2cccn3cc(CCN)cc23)cc1. The van der Waals surface area contributed by atoms with Crippen molar-refractivity contribution in [1.82, 2.24) is 4.40 Å². The smallest absolute Gasteiger partial charge is 0.143 e. The van der Waals surface area contributed by atoms with Crippen LogP contribution in [0.3, 0.4) is 0 Å². The molecule has 3 aromatic rings. The summed E-state index contributed by atoms with van der Waals surface area (Å²) in [4.78, 5) is 0. The van der Waals surface area contributed by atoms with E-state index in [9.17, 15) is 0 Å². The first-order chi connectivity index (χ1) is 10.8. The maximum Gasteiger partial charge on any atom is 0.143 e. The highest BCUT2D eigenvalue weighted by Gasteiger charge is 2.05. The Hall–Kier alpha value is -2.46. The van der Waals surface area contributed by atoms with Crippen LogP contribution >= 0.6 is 0 Å². The number of benzene rings is 1. The molecule has 0 radical (unpaired) electrons. The zero-order valence-corrected chi connectivity index (χ0v) is 12.7. The van der Waals surface area contributed by atoms with Gasteiger partial charge in [0.15, 0.2) is 0 Å². The molecule has 4 nitrogen and oxygen atoms in total. The minimum atomic E-state index is 0.529. The Morgan fingerprint density at radius 1 is 1.09 bits per heavy atom. The number of nitrogens with zero attached hydrogens (tertiary/aromatic N) is 1. The van der Waals surface area contributed by atoms with Gasteiger partial charge in [0.25, 0.3) is 0 Å². The lowest BCUT2D eigenvalue weighted by atomic mass is 10.2. The minimum Gasteiger partial charge on any atom is -0.497 e. The van der Waals surface area contributed by atoms with Crippen molar-refractivity contribution < 1.29 is 9.47 Å². The van der Waals surface area contributed by atoms with Crippen LogP contribution < -0.4 is 15.2 Å². The third-order valence-corrected chi connectivity index (χ3v) is 3.64. The summed E-state index contributed by atoms with van der Waals surface area (Å²) in [6, 6.07) is 14.0. The molecule has 4 heteroatoms. The highest BCUT2D eigenvalue weighted by atomic mass is 16.5. The summed E-state index contributed by atoms with van der Waals surface area (Å²) in [5, 5.41) is 0. The lowest BCUT2D eigenvalue weighted by Gasteiger charge is -2.08. The van der Waals surface area contributed by atoms with Crippen LogP contribution in [0.2, 0.25) is 0 Å². The maximum absolute atomic E-state index is 5.98. The highest BCUT2D eigenvalue weighted by Crippen LogP contribution is 2.23. The molecule has 2 aromatic heterocycles. The summed E-state index contributed by atoms with van der Waals surface area (Å²) >= 11 is 0. The predicted molar refractivity (Wildman–Crippen MR) is 87.5 cm³/mol. The Balaban J connectivity index is 1.77. The van der Waals surface area contributed by atoms with Crippen molar-refractivity contribution in [3.05, 3.63) is 66.0 Å². The van der Waals surface area contributed by atoms with E-state index in [-0.39, 0.29) is 0 Å². The average molecular weight is 296 g/mol. The van der Waals surface area contributed by atoms with E-state index in [1.54, 1.807) is 7.11 Å². The molecular weight excluding hydrogens is 276 g/mol. The molecule has 2 heterocycles. The van der Waals surface area contributed by atoms with Crippen LogP contribution in [0.5, 0.6) is 11.5 Å². The standard InChI is InChI=1S/C18H20N2O2/c1-21-16-6-4-14(5-7-16)13-22-18-3-2-10-20-12-15(8-9-19)11-17(18)20/h2-7,10-12H,8-9,13,19H2,1H3. The topological polar surface area (TPSA) is 48.9 Å². The molecule has 0 saturated carbocycles. The van der Waals surface area contributed by atoms with Crippen molar-refractivity contribution in [2.75, 3.05) is 13.7 Å². The van der Waals surface area contributed by atoms with Crippen LogP contribution in [-0.2, 0) is 13.0 Å². The third-order valence-electron chi connectivity index (χ3n) is 3.64. The summed E-state index contributed by atoms with van der Waals surface area (Å²) in [5.74, 6) is 1.73. The van der Waals surface area contributed by atoms with Gasteiger partial charge in [-0.3, -0.25) is 0 Å². The van der Waals surface area contributed by atoms with E-state index in [0.29, 0.717) is 13.2 Å². The van der Waals surface area contributed by atoms with Gasteiger partial charge < -0.3 is 19.6 Å². The van der Waals surface area contributed by atoms with Crippen molar-refractivity contribution in [3.8, 4) is 11.5 Å². The van der Waals surface area contributed by atoms with Crippen LogP contribution in [0, 0.1) is 0 Å². The molecule has 1 aromatic carbocycles. The highest BCUT2D eigenvalue weighted by molar-refractivity contribution is 5.62. The first-order valence-corrected chi connectivity index (χ1v) is 7.35. The number of nitrogens with two attached hydrogens (primary N) is 1. The van der Waals surface area contributed by atoms with Crippen molar-refractivity contribution in [2.24, 2.45) is 5.73 Å². The molecule has 0 unspecified atom stereocenters. The third kappa shape index (κ3) is 3.07. The number of rotatable bonds is 6. The summed E-state index contributed by atoms with van der Waals surface area (Å²) in [6.45, 7) is 1.18.